The summed E-state index contributed by atoms with van der Waals surface area (Å²) in [7, 11) is 0. The van der Waals surface area contributed by atoms with Gasteiger partial charge >= 0.3 is 0 Å². The lowest BCUT2D eigenvalue weighted by atomic mass is 10.3. The predicted octanol–water partition coefficient (Wildman–Crippen LogP) is -0.197. The molecule has 7 heteroatoms. The van der Waals surface area contributed by atoms with Gasteiger partial charge < -0.3 is 31.9 Å². The van der Waals surface area contributed by atoms with Crippen LogP contribution in [0, 0.1) is 0 Å². The molecular weight excluding hydrogens is 338 g/mol. The molecule has 0 unspecified atom stereocenters. The van der Waals surface area contributed by atoms with Gasteiger partial charge in [0.05, 0.1) is 11.4 Å². The van der Waals surface area contributed by atoms with Gasteiger partial charge in [-0.1, -0.05) is 6.07 Å². The second-order valence-corrected chi connectivity index (χ2v) is 7.03. The van der Waals surface area contributed by atoms with Gasteiger partial charge in [-0.05, 0) is 70.7 Å². The summed E-state index contributed by atoms with van der Waals surface area (Å²) >= 11 is 0. The summed E-state index contributed by atoms with van der Waals surface area (Å²) in [5.74, 6) is 0. The molecule has 2 bridgehead atoms. The highest BCUT2D eigenvalue weighted by molar-refractivity contribution is 5.11. The molecule has 27 heavy (non-hydrogen) atoms. The Balaban J connectivity index is 1.67. The summed E-state index contributed by atoms with van der Waals surface area (Å²) < 4.78 is 0. The Morgan fingerprint density at radius 3 is 1.26 bits per heavy atom. The van der Waals surface area contributed by atoms with Crippen LogP contribution in [0.25, 0.3) is 0 Å². The zero-order valence-corrected chi connectivity index (χ0v) is 16.8. The monoisotopic (exact) mass is 377 g/mol. The number of hydrogen-bond donors (Lipinski definition) is 6. The van der Waals surface area contributed by atoms with Crippen LogP contribution in [0.2, 0.25) is 0 Å². The minimum Gasteiger partial charge on any atom is -0.315 e. The molecule has 0 fully saturated rings. The van der Waals surface area contributed by atoms with E-state index in [4.69, 9.17) is 4.98 Å². The molecule has 0 atom stereocenters. The second kappa shape index (κ2) is 15.9. The maximum Gasteiger partial charge on any atom is 0.0545 e. The fourth-order valence-electron chi connectivity index (χ4n) is 3.03. The van der Waals surface area contributed by atoms with Gasteiger partial charge in [0, 0.05) is 39.3 Å². The van der Waals surface area contributed by atoms with Crippen LogP contribution in [0.3, 0.4) is 0 Å². The minimum absolute atomic E-state index is 0.841. The Morgan fingerprint density at radius 2 is 0.852 bits per heavy atom. The van der Waals surface area contributed by atoms with E-state index >= 15 is 0 Å². The van der Waals surface area contributed by atoms with E-state index in [0.29, 0.717) is 0 Å². The molecule has 2 rings (SSSR count). The van der Waals surface area contributed by atoms with Crippen molar-refractivity contribution in [2.24, 2.45) is 0 Å². The quantitative estimate of drug-likeness (QED) is 0.374. The van der Waals surface area contributed by atoms with Crippen LogP contribution >= 0.6 is 0 Å². The van der Waals surface area contributed by atoms with E-state index in [2.05, 4.69) is 50.1 Å². The van der Waals surface area contributed by atoms with Crippen molar-refractivity contribution in [1.29, 1.82) is 0 Å². The second-order valence-electron chi connectivity index (χ2n) is 7.03. The smallest absolute Gasteiger partial charge is 0.0545 e. The highest BCUT2D eigenvalue weighted by atomic mass is 15.0. The van der Waals surface area contributed by atoms with Crippen molar-refractivity contribution in [2.45, 2.75) is 32.4 Å². The van der Waals surface area contributed by atoms with Crippen LogP contribution in [-0.2, 0) is 13.1 Å². The van der Waals surface area contributed by atoms with Crippen LogP contribution in [-0.4, -0.2) is 70.4 Å². The molecule has 0 saturated heterocycles. The van der Waals surface area contributed by atoms with Gasteiger partial charge in [-0.15, -0.1) is 0 Å². The first-order chi connectivity index (χ1) is 13.4. The van der Waals surface area contributed by atoms with E-state index in [9.17, 15) is 0 Å². The molecule has 0 aliphatic carbocycles. The average Bonchev–Trinajstić information content (AvgIpc) is 2.69. The number of rotatable bonds is 0. The van der Waals surface area contributed by atoms with Crippen LogP contribution in [0.5, 0.6) is 0 Å². The molecule has 7 nitrogen and oxygen atoms in total. The third-order valence-corrected chi connectivity index (χ3v) is 4.56. The Kier molecular flexibility index (Phi) is 13.1. The first-order valence-electron chi connectivity index (χ1n) is 10.6. The lowest BCUT2D eigenvalue weighted by molar-refractivity contribution is 0.541. The zero-order valence-electron chi connectivity index (χ0n) is 16.8. The van der Waals surface area contributed by atoms with E-state index < -0.39 is 0 Å². The van der Waals surface area contributed by atoms with Crippen molar-refractivity contribution in [3.8, 4) is 0 Å². The third-order valence-electron chi connectivity index (χ3n) is 4.56. The van der Waals surface area contributed by atoms with Gasteiger partial charge in [-0.25, -0.2) is 0 Å². The van der Waals surface area contributed by atoms with Crippen molar-refractivity contribution < 1.29 is 0 Å². The van der Waals surface area contributed by atoms with Gasteiger partial charge in [-0.3, -0.25) is 4.98 Å². The van der Waals surface area contributed by atoms with Crippen LogP contribution < -0.4 is 31.9 Å². The average molecular weight is 378 g/mol. The third kappa shape index (κ3) is 12.1. The Morgan fingerprint density at radius 1 is 0.481 bits per heavy atom. The van der Waals surface area contributed by atoms with E-state index in [1.54, 1.807) is 0 Å². The van der Waals surface area contributed by atoms with Crippen LogP contribution in [0.1, 0.15) is 30.7 Å². The molecule has 6 N–H and O–H groups in total. The molecule has 0 aromatic carbocycles. The largest absolute Gasteiger partial charge is 0.315 e. The number of aromatic nitrogens is 1. The maximum atomic E-state index is 4.73. The zero-order chi connectivity index (χ0) is 18.8. The van der Waals surface area contributed by atoms with Gasteiger partial charge in [-0.2, -0.15) is 0 Å². The Bertz CT molecular complexity index is 432. The fourth-order valence-corrected chi connectivity index (χ4v) is 3.03. The summed E-state index contributed by atoms with van der Waals surface area (Å²) in [6, 6.07) is 6.30. The standard InChI is InChI=1S/C20H39N7/c1-5-19-17-25-11-3-9-23-15-13-21-7-2-8-22-14-16-24-10-4-12-26-18-20(6-1)27-19/h1,5-6,21-26H,2-4,7-18H2. The Labute approximate surface area is 164 Å². The number of nitrogens with one attached hydrogen (secondary N) is 6. The molecule has 0 radical (unpaired) electrons. The molecule has 0 amide bonds. The van der Waals surface area contributed by atoms with E-state index in [-0.39, 0.29) is 0 Å². The molecule has 1 aromatic rings. The van der Waals surface area contributed by atoms with Crippen molar-refractivity contribution in [1.82, 2.24) is 36.9 Å². The SMILES string of the molecule is c1cc2nc(c1)CNCCCNCCNCCCNCCNCCCNC2. The first kappa shape index (κ1) is 22.2. The van der Waals surface area contributed by atoms with Crippen molar-refractivity contribution in [3.05, 3.63) is 29.6 Å². The van der Waals surface area contributed by atoms with Crippen molar-refractivity contribution >= 4 is 0 Å². The molecule has 2 heterocycles. The highest BCUT2D eigenvalue weighted by Gasteiger charge is 1.99. The molecular formula is C20H39N7. The summed E-state index contributed by atoms with van der Waals surface area (Å²) in [5, 5.41) is 20.9. The van der Waals surface area contributed by atoms with Gasteiger partial charge in [0.2, 0.25) is 0 Å². The summed E-state index contributed by atoms with van der Waals surface area (Å²) in [6.45, 7) is 12.2. The summed E-state index contributed by atoms with van der Waals surface area (Å²) in [5.41, 5.74) is 2.24. The Hall–Kier alpha value is -1.09. The number of hydrogen-bond acceptors (Lipinski definition) is 7. The molecule has 0 saturated carbocycles. The van der Waals surface area contributed by atoms with Crippen molar-refractivity contribution in [2.75, 3.05) is 65.4 Å². The van der Waals surface area contributed by atoms with Gasteiger partial charge in [0.25, 0.3) is 0 Å². The number of nitrogens with zero attached hydrogens (tertiary/aromatic N) is 1. The van der Waals surface area contributed by atoms with Crippen LogP contribution in [0.4, 0.5) is 0 Å². The van der Waals surface area contributed by atoms with Crippen molar-refractivity contribution in [3.63, 3.8) is 0 Å². The number of pyridine rings is 1. The fraction of sp³-hybridized carbons (Fsp3) is 0.750. The number of fused-ring (bicyclic) bond motifs is 2. The van der Waals surface area contributed by atoms with E-state index in [1.165, 1.54) is 6.42 Å². The summed E-state index contributed by atoms with van der Waals surface area (Å²) in [4.78, 5) is 4.73. The molecule has 0 spiro atoms. The first-order valence-corrected chi connectivity index (χ1v) is 10.6. The van der Waals surface area contributed by atoms with Gasteiger partial charge in [0.1, 0.15) is 0 Å². The molecule has 154 valence electrons. The van der Waals surface area contributed by atoms with E-state index in [1.807, 2.05) is 0 Å². The lowest BCUT2D eigenvalue weighted by Gasteiger charge is -2.10. The normalized spacial score (nSPS) is 21.2. The highest BCUT2D eigenvalue weighted by Crippen LogP contribution is 1.99. The lowest BCUT2D eigenvalue weighted by Crippen LogP contribution is -2.32. The molecule has 1 aliphatic heterocycles. The molecule has 1 aromatic heterocycles. The minimum atomic E-state index is 0.841. The van der Waals surface area contributed by atoms with Crippen LogP contribution in [0.15, 0.2) is 18.2 Å². The topological polar surface area (TPSA) is 85.1 Å². The van der Waals surface area contributed by atoms with Gasteiger partial charge in [0.15, 0.2) is 0 Å². The predicted molar refractivity (Wildman–Crippen MR) is 113 cm³/mol. The summed E-state index contributed by atoms with van der Waals surface area (Å²) in [6.07, 6.45) is 3.46. The maximum absolute atomic E-state index is 4.73. The molecule has 1 aliphatic rings. The van der Waals surface area contributed by atoms with E-state index in [0.717, 1.165) is 103 Å².